The molecule has 0 saturated carbocycles. The molecule has 0 spiro atoms. The second-order valence-corrected chi connectivity index (χ2v) is 9.34. The number of aromatic nitrogens is 4. The molecule has 1 aromatic carbocycles. The van der Waals surface area contributed by atoms with Crippen LogP contribution in [-0.4, -0.2) is 67.6 Å². The van der Waals surface area contributed by atoms with Crippen molar-refractivity contribution in [2.75, 3.05) is 19.0 Å². The van der Waals surface area contributed by atoms with E-state index >= 15 is 4.39 Å². The molecular formula is C24H29FN6O. The molecule has 4 heterocycles. The average Bonchev–Trinajstić information content (AvgIpc) is 3.33. The van der Waals surface area contributed by atoms with Crippen molar-refractivity contribution in [3.8, 4) is 22.7 Å². The van der Waals surface area contributed by atoms with Crippen molar-refractivity contribution in [1.29, 1.82) is 0 Å². The molecule has 0 unspecified atom stereocenters. The number of anilines is 1. The van der Waals surface area contributed by atoms with Crippen LogP contribution < -0.4 is 4.90 Å². The summed E-state index contributed by atoms with van der Waals surface area (Å²) in [7, 11) is 3.97. The molecule has 4 atom stereocenters. The van der Waals surface area contributed by atoms with Crippen molar-refractivity contribution in [1.82, 2.24) is 24.6 Å². The lowest BCUT2D eigenvalue weighted by atomic mass is 9.72. The average molecular weight is 437 g/mol. The first kappa shape index (κ1) is 20.9. The number of imidazole rings is 1. The fraction of sp³-hybridized carbons (Fsp3) is 0.458. The van der Waals surface area contributed by atoms with Gasteiger partial charge in [0.2, 0.25) is 0 Å². The van der Waals surface area contributed by atoms with Gasteiger partial charge in [-0.15, -0.1) is 10.2 Å². The summed E-state index contributed by atoms with van der Waals surface area (Å²) < 4.78 is 17.3. The highest BCUT2D eigenvalue weighted by Crippen LogP contribution is 2.43. The normalized spacial score (nSPS) is 27.9. The molecule has 5 rings (SSSR count). The molecule has 2 saturated heterocycles. The number of aromatic hydroxyl groups is 1. The topological polar surface area (TPSA) is 70.3 Å². The number of piperidine rings is 2. The zero-order valence-corrected chi connectivity index (χ0v) is 18.7. The molecule has 0 amide bonds. The summed E-state index contributed by atoms with van der Waals surface area (Å²) >= 11 is 0. The van der Waals surface area contributed by atoms with E-state index in [1.807, 2.05) is 47.0 Å². The third-order valence-electron chi connectivity index (χ3n) is 7.52. The van der Waals surface area contributed by atoms with Crippen molar-refractivity contribution in [2.45, 2.75) is 56.4 Å². The van der Waals surface area contributed by atoms with Crippen molar-refractivity contribution in [2.24, 2.45) is 0 Å². The smallest absolute Gasteiger partial charge is 0.151 e. The van der Waals surface area contributed by atoms with Crippen molar-refractivity contribution < 1.29 is 9.50 Å². The summed E-state index contributed by atoms with van der Waals surface area (Å²) in [5.74, 6) is 0.758. The van der Waals surface area contributed by atoms with E-state index in [1.54, 1.807) is 18.6 Å². The van der Waals surface area contributed by atoms with Crippen LogP contribution in [0.4, 0.5) is 10.2 Å². The van der Waals surface area contributed by atoms with Crippen LogP contribution in [0, 0.1) is 0 Å². The van der Waals surface area contributed by atoms with Gasteiger partial charge in [0.05, 0.1) is 23.8 Å². The number of fused-ring (bicyclic) bond motifs is 2. The predicted molar refractivity (Wildman–Crippen MR) is 122 cm³/mol. The van der Waals surface area contributed by atoms with Crippen LogP contribution >= 0.6 is 0 Å². The van der Waals surface area contributed by atoms with Gasteiger partial charge in [-0.3, -0.25) is 4.90 Å². The molecule has 3 aromatic rings. The Labute approximate surface area is 187 Å². The van der Waals surface area contributed by atoms with Gasteiger partial charge in [-0.25, -0.2) is 9.37 Å². The van der Waals surface area contributed by atoms with Gasteiger partial charge in [-0.1, -0.05) is 0 Å². The Bertz CT molecular complexity index is 1090. The number of hydrogen-bond donors (Lipinski definition) is 1. The number of phenolic OH excluding ortho intramolecular Hbond substituents is 1. The van der Waals surface area contributed by atoms with Crippen LogP contribution in [0.1, 0.15) is 32.6 Å². The molecule has 168 valence electrons. The second kappa shape index (κ2) is 7.85. The molecule has 2 aliphatic heterocycles. The summed E-state index contributed by atoms with van der Waals surface area (Å²) in [5.41, 5.74) is 1.99. The van der Waals surface area contributed by atoms with E-state index in [0.29, 0.717) is 17.1 Å². The van der Waals surface area contributed by atoms with Crippen LogP contribution in [0.2, 0.25) is 0 Å². The van der Waals surface area contributed by atoms with E-state index < -0.39 is 6.17 Å². The van der Waals surface area contributed by atoms with Crippen LogP contribution in [0.5, 0.6) is 5.75 Å². The molecule has 8 heteroatoms. The van der Waals surface area contributed by atoms with Gasteiger partial charge < -0.3 is 14.6 Å². The molecule has 0 aliphatic carbocycles. The molecular weight excluding hydrogens is 407 g/mol. The Kier molecular flexibility index (Phi) is 5.12. The van der Waals surface area contributed by atoms with E-state index in [0.717, 1.165) is 31.4 Å². The summed E-state index contributed by atoms with van der Waals surface area (Å²) in [6.45, 7) is 2.25. The zero-order valence-electron chi connectivity index (χ0n) is 18.7. The molecule has 32 heavy (non-hydrogen) atoms. The Morgan fingerprint density at radius 3 is 2.75 bits per heavy atom. The predicted octanol–water partition coefficient (Wildman–Crippen LogP) is 3.82. The van der Waals surface area contributed by atoms with Crippen molar-refractivity contribution in [3.05, 3.63) is 49.1 Å². The number of hydrogen-bond acceptors (Lipinski definition) is 6. The summed E-state index contributed by atoms with van der Waals surface area (Å²) in [5, 5.41) is 19.3. The zero-order chi connectivity index (χ0) is 22.5. The fourth-order valence-corrected chi connectivity index (χ4v) is 5.39. The van der Waals surface area contributed by atoms with Gasteiger partial charge in [0, 0.05) is 42.7 Å². The van der Waals surface area contributed by atoms with Gasteiger partial charge in [-0.2, -0.15) is 0 Å². The first-order chi connectivity index (χ1) is 15.4. The Morgan fingerprint density at radius 1 is 1.22 bits per heavy atom. The number of phenols is 1. The van der Waals surface area contributed by atoms with Crippen LogP contribution in [0.3, 0.4) is 0 Å². The minimum Gasteiger partial charge on any atom is -0.507 e. The Morgan fingerprint density at radius 2 is 2.06 bits per heavy atom. The maximum Gasteiger partial charge on any atom is 0.151 e. The van der Waals surface area contributed by atoms with Crippen LogP contribution in [-0.2, 0) is 0 Å². The quantitative estimate of drug-likeness (QED) is 0.670. The van der Waals surface area contributed by atoms with Crippen LogP contribution in [0.15, 0.2) is 49.1 Å². The van der Waals surface area contributed by atoms with E-state index in [4.69, 9.17) is 0 Å². The number of nitrogens with zero attached hydrogens (tertiary/aromatic N) is 6. The minimum atomic E-state index is -0.931. The highest BCUT2D eigenvalue weighted by atomic mass is 19.1. The number of halogens is 1. The summed E-state index contributed by atoms with van der Waals surface area (Å²) in [6, 6.07) is 8.78. The van der Waals surface area contributed by atoms with E-state index in [2.05, 4.69) is 34.1 Å². The van der Waals surface area contributed by atoms with E-state index in [9.17, 15) is 5.11 Å². The molecule has 2 bridgehead atoms. The standard InChI is InChI=1S/C24H29FN6O/c1-24-10-4-5-19(30(24)3)23(25)20(14-24)29(2)22-9-8-18(27-28-22)17-7-6-16(13-21(17)32)31-12-11-26-15-31/h6-9,11-13,15,19-20,23,32H,4-5,10,14H2,1-3H3/t19-,20+,23+,24+/m0/s1. The molecule has 7 nitrogen and oxygen atoms in total. The first-order valence-corrected chi connectivity index (χ1v) is 11.1. The van der Waals surface area contributed by atoms with Gasteiger partial charge >= 0.3 is 0 Å². The lowest BCUT2D eigenvalue weighted by molar-refractivity contribution is -0.0600. The molecule has 2 aliphatic rings. The third-order valence-corrected chi connectivity index (χ3v) is 7.52. The lowest BCUT2D eigenvalue weighted by Gasteiger charge is -2.56. The number of rotatable bonds is 4. The van der Waals surface area contributed by atoms with Gasteiger partial charge in [0.15, 0.2) is 5.82 Å². The minimum absolute atomic E-state index is 0.0145. The monoisotopic (exact) mass is 436 g/mol. The van der Waals surface area contributed by atoms with Gasteiger partial charge in [0.25, 0.3) is 0 Å². The largest absolute Gasteiger partial charge is 0.507 e. The maximum atomic E-state index is 15.5. The second-order valence-electron chi connectivity index (χ2n) is 9.34. The molecule has 1 N–H and O–H groups in total. The molecule has 2 fully saturated rings. The molecule has 2 aromatic heterocycles. The van der Waals surface area contributed by atoms with E-state index in [1.165, 1.54) is 0 Å². The summed E-state index contributed by atoms with van der Waals surface area (Å²) in [4.78, 5) is 8.21. The van der Waals surface area contributed by atoms with E-state index in [-0.39, 0.29) is 23.4 Å². The SMILES string of the molecule is CN(c1ccc(-c2ccc(-n3ccnc3)cc2O)nn1)[C@@H]1C[C@@]2(C)CCC[C@@H]([C@H]1F)N2C. The van der Waals surface area contributed by atoms with Gasteiger partial charge in [0.1, 0.15) is 11.9 Å². The van der Waals surface area contributed by atoms with Crippen molar-refractivity contribution >= 4 is 5.82 Å². The highest BCUT2D eigenvalue weighted by Gasteiger charge is 2.51. The Balaban J connectivity index is 1.37. The fourth-order valence-electron chi connectivity index (χ4n) is 5.39. The highest BCUT2D eigenvalue weighted by molar-refractivity contribution is 5.69. The maximum absolute atomic E-state index is 15.5. The van der Waals surface area contributed by atoms with Gasteiger partial charge in [-0.05, 0) is 63.9 Å². The van der Waals surface area contributed by atoms with Crippen molar-refractivity contribution in [3.63, 3.8) is 0 Å². The summed E-state index contributed by atoms with van der Waals surface area (Å²) in [6.07, 6.45) is 8.08. The lowest BCUT2D eigenvalue weighted by Crippen LogP contribution is -2.67. The third kappa shape index (κ3) is 3.43. The number of alkyl halides is 1. The number of benzene rings is 1. The first-order valence-electron chi connectivity index (χ1n) is 11.1. The van der Waals surface area contributed by atoms with Crippen LogP contribution in [0.25, 0.3) is 16.9 Å². The Hall–Kier alpha value is -3.00. The molecule has 0 radical (unpaired) electrons.